The van der Waals surface area contributed by atoms with Gasteiger partial charge in [-0.3, -0.25) is 4.79 Å². The van der Waals surface area contributed by atoms with E-state index < -0.39 is 9.90 Å². The lowest BCUT2D eigenvalue weighted by Crippen LogP contribution is -2.28. The topological polar surface area (TPSA) is 37.3 Å². The molecular formula is C9H15Cl3O2. The van der Waals surface area contributed by atoms with Crippen molar-refractivity contribution in [3.8, 4) is 0 Å². The monoisotopic (exact) mass is 260 g/mol. The molecule has 0 aliphatic rings. The number of aliphatic hydroxyl groups is 1. The Morgan fingerprint density at radius 1 is 1.36 bits per heavy atom. The highest BCUT2D eigenvalue weighted by atomic mass is 35.6. The molecule has 0 aromatic rings. The summed E-state index contributed by atoms with van der Waals surface area (Å²) in [6.07, 6.45) is -0.0865. The molecule has 2 nitrogen and oxygen atoms in total. The number of hydrogen-bond donors (Lipinski definition) is 1. The van der Waals surface area contributed by atoms with Crippen LogP contribution in [0.25, 0.3) is 0 Å². The van der Waals surface area contributed by atoms with E-state index in [0.717, 1.165) is 6.42 Å². The molecular weight excluding hydrogens is 246 g/mol. The Hall–Kier alpha value is 0.500. The van der Waals surface area contributed by atoms with Gasteiger partial charge in [-0.25, -0.2) is 0 Å². The maximum Gasteiger partial charge on any atom is 0.216 e. The molecule has 1 N–H and O–H groups in total. The largest absolute Gasteiger partial charge is 0.388 e. The molecule has 1 unspecified atom stereocenters. The summed E-state index contributed by atoms with van der Waals surface area (Å²) >= 11 is 16.3. The number of carbonyl (C=O) groups is 1. The maximum absolute atomic E-state index is 11.3. The lowest BCUT2D eigenvalue weighted by atomic mass is 10.0. The van der Waals surface area contributed by atoms with Crippen molar-refractivity contribution in [1.82, 2.24) is 0 Å². The van der Waals surface area contributed by atoms with Crippen molar-refractivity contribution in [1.29, 1.82) is 0 Å². The molecule has 0 radical (unpaired) electrons. The summed E-state index contributed by atoms with van der Waals surface area (Å²) in [5.74, 6) is 0.390. The number of hydrogen-bond acceptors (Lipinski definition) is 2. The smallest absolute Gasteiger partial charge is 0.216 e. The lowest BCUT2D eigenvalue weighted by molar-refractivity contribution is -0.121. The lowest BCUT2D eigenvalue weighted by Gasteiger charge is -2.17. The second kappa shape index (κ2) is 6.16. The van der Waals surface area contributed by atoms with Gasteiger partial charge in [-0.15, -0.1) is 0 Å². The van der Waals surface area contributed by atoms with Gasteiger partial charge >= 0.3 is 0 Å². The van der Waals surface area contributed by atoms with Crippen LogP contribution in [0.4, 0.5) is 0 Å². The molecule has 5 heteroatoms. The van der Waals surface area contributed by atoms with Gasteiger partial charge in [0, 0.05) is 12.8 Å². The second-order valence-corrected chi connectivity index (χ2v) is 6.10. The number of aliphatic hydroxyl groups excluding tert-OH is 1. The third-order valence-corrected chi connectivity index (χ3v) is 2.56. The van der Waals surface area contributed by atoms with E-state index in [9.17, 15) is 9.90 Å². The predicted octanol–water partition coefficient (Wildman–Crippen LogP) is 3.11. The first-order valence-corrected chi connectivity index (χ1v) is 5.63. The van der Waals surface area contributed by atoms with E-state index >= 15 is 0 Å². The summed E-state index contributed by atoms with van der Waals surface area (Å²) in [5.41, 5.74) is 0. The number of Topliss-reactive ketones (excluding diaryl/α,β-unsaturated/α-hetero) is 1. The highest BCUT2D eigenvalue weighted by molar-refractivity contribution is 6.68. The molecule has 0 saturated carbocycles. The summed E-state index contributed by atoms with van der Waals surface area (Å²) in [6.45, 7) is 4.05. The molecule has 0 aliphatic heterocycles. The van der Waals surface area contributed by atoms with Crippen molar-refractivity contribution in [3.05, 3.63) is 0 Å². The first kappa shape index (κ1) is 14.5. The predicted molar refractivity (Wildman–Crippen MR) is 60.0 cm³/mol. The second-order valence-electron chi connectivity index (χ2n) is 3.73. The van der Waals surface area contributed by atoms with Crippen molar-refractivity contribution in [2.75, 3.05) is 0 Å². The van der Waals surface area contributed by atoms with E-state index in [1.165, 1.54) is 0 Å². The number of rotatable bonds is 5. The zero-order chi connectivity index (χ0) is 11.4. The highest BCUT2D eigenvalue weighted by Gasteiger charge is 2.32. The first-order chi connectivity index (χ1) is 6.23. The van der Waals surface area contributed by atoms with Crippen molar-refractivity contribution in [2.24, 2.45) is 5.92 Å². The maximum atomic E-state index is 11.3. The van der Waals surface area contributed by atoms with Crippen LogP contribution in [0.1, 0.15) is 33.1 Å². The van der Waals surface area contributed by atoms with Crippen LogP contribution < -0.4 is 0 Å². The molecule has 0 amide bonds. The van der Waals surface area contributed by atoms with Gasteiger partial charge in [-0.1, -0.05) is 48.7 Å². The molecule has 0 saturated heterocycles. The molecule has 0 spiro atoms. The summed E-state index contributed by atoms with van der Waals surface area (Å²) < 4.78 is -1.77. The van der Waals surface area contributed by atoms with E-state index in [1.54, 1.807) is 0 Å². The number of ketones is 1. The zero-order valence-electron chi connectivity index (χ0n) is 8.27. The van der Waals surface area contributed by atoms with Crippen LogP contribution >= 0.6 is 34.8 Å². The Bertz CT molecular complexity index is 187. The average Bonchev–Trinajstić information content (AvgIpc) is 1.99. The minimum Gasteiger partial charge on any atom is -0.388 e. The average molecular weight is 262 g/mol. The van der Waals surface area contributed by atoms with E-state index in [-0.39, 0.29) is 12.2 Å². The van der Waals surface area contributed by atoms with Gasteiger partial charge in [0.1, 0.15) is 11.9 Å². The van der Waals surface area contributed by atoms with Gasteiger partial charge in [-0.2, -0.15) is 0 Å². The molecule has 0 fully saturated rings. The van der Waals surface area contributed by atoms with Crippen LogP contribution in [0.3, 0.4) is 0 Å². The Kier molecular flexibility index (Phi) is 6.38. The molecule has 0 rings (SSSR count). The fraction of sp³-hybridized carbons (Fsp3) is 0.889. The Morgan fingerprint density at radius 3 is 2.21 bits per heavy atom. The van der Waals surface area contributed by atoms with Gasteiger partial charge in [0.2, 0.25) is 3.79 Å². The van der Waals surface area contributed by atoms with E-state index in [4.69, 9.17) is 34.8 Å². The fourth-order valence-corrected chi connectivity index (χ4v) is 1.11. The molecule has 0 aromatic heterocycles. The van der Waals surface area contributed by atoms with Gasteiger partial charge < -0.3 is 5.11 Å². The summed E-state index contributed by atoms with van der Waals surface area (Å²) in [5, 5.41) is 9.30. The van der Waals surface area contributed by atoms with Crippen LogP contribution in [0, 0.1) is 5.92 Å². The Morgan fingerprint density at radius 2 is 1.86 bits per heavy atom. The van der Waals surface area contributed by atoms with Crippen molar-refractivity contribution < 1.29 is 9.90 Å². The van der Waals surface area contributed by atoms with E-state index in [0.29, 0.717) is 12.3 Å². The highest BCUT2D eigenvalue weighted by Crippen LogP contribution is 2.32. The minimum absolute atomic E-state index is 0.0717. The van der Waals surface area contributed by atoms with Crippen molar-refractivity contribution in [3.63, 3.8) is 0 Å². The van der Waals surface area contributed by atoms with Crippen LogP contribution in [0.2, 0.25) is 0 Å². The Balaban J connectivity index is 3.84. The first-order valence-electron chi connectivity index (χ1n) is 4.50. The number of carbonyl (C=O) groups excluding carboxylic acids is 1. The van der Waals surface area contributed by atoms with E-state index in [2.05, 4.69) is 0 Å². The van der Waals surface area contributed by atoms with Gasteiger partial charge in [0.25, 0.3) is 0 Å². The third-order valence-electron chi connectivity index (χ3n) is 1.80. The molecule has 0 heterocycles. The Labute approximate surface area is 99.5 Å². The fourth-order valence-electron chi connectivity index (χ4n) is 0.883. The van der Waals surface area contributed by atoms with Crippen molar-refractivity contribution >= 4 is 40.6 Å². The normalized spacial score (nSPS) is 14.5. The van der Waals surface area contributed by atoms with Gasteiger partial charge in [-0.05, 0) is 12.3 Å². The van der Waals surface area contributed by atoms with Gasteiger partial charge in [0.15, 0.2) is 0 Å². The van der Waals surface area contributed by atoms with Crippen LogP contribution in [-0.2, 0) is 4.79 Å². The molecule has 0 aliphatic carbocycles. The summed E-state index contributed by atoms with van der Waals surface area (Å²) in [4.78, 5) is 11.3. The summed E-state index contributed by atoms with van der Waals surface area (Å²) in [6, 6.07) is 0. The van der Waals surface area contributed by atoms with Crippen LogP contribution in [0.5, 0.6) is 0 Å². The van der Waals surface area contributed by atoms with Crippen LogP contribution in [-0.4, -0.2) is 20.8 Å². The molecule has 1 atom stereocenters. The molecule has 0 aromatic carbocycles. The SMILES string of the molecule is CC(C)CCC(=O)CC(O)C(Cl)(Cl)Cl. The van der Waals surface area contributed by atoms with Crippen LogP contribution in [0.15, 0.2) is 0 Å². The zero-order valence-corrected chi connectivity index (χ0v) is 10.5. The molecule has 84 valence electrons. The minimum atomic E-state index is -1.77. The van der Waals surface area contributed by atoms with E-state index in [1.807, 2.05) is 13.8 Å². The van der Waals surface area contributed by atoms with Gasteiger partial charge in [0.05, 0.1) is 0 Å². The number of halogens is 3. The third kappa shape index (κ3) is 6.88. The standard InChI is InChI=1S/C9H15Cl3O2/c1-6(2)3-4-7(13)5-8(14)9(10,11)12/h6,8,14H,3-5H2,1-2H3. The summed E-state index contributed by atoms with van der Waals surface area (Å²) in [7, 11) is 0. The quantitative estimate of drug-likeness (QED) is 0.772. The van der Waals surface area contributed by atoms with Crippen molar-refractivity contribution in [2.45, 2.75) is 43.0 Å². The number of alkyl halides is 3. The molecule has 0 bridgehead atoms. The molecule has 14 heavy (non-hydrogen) atoms.